The Morgan fingerprint density at radius 3 is 2.43 bits per heavy atom. The van der Waals surface area contributed by atoms with Crippen LogP contribution in [0.15, 0.2) is 80.4 Å². The van der Waals surface area contributed by atoms with Crippen LogP contribution >= 0.6 is 31.9 Å². The highest BCUT2D eigenvalue weighted by Gasteiger charge is 2.15. The van der Waals surface area contributed by atoms with Crippen molar-refractivity contribution in [3.05, 3.63) is 97.8 Å². The van der Waals surface area contributed by atoms with Gasteiger partial charge in [-0.15, -0.1) is 0 Å². The van der Waals surface area contributed by atoms with Crippen LogP contribution in [0.25, 0.3) is 6.08 Å². The average molecular weight is 604 g/mol. The second-order valence-corrected chi connectivity index (χ2v) is 9.30. The Labute approximate surface area is 218 Å². The van der Waals surface area contributed by atoms with Gasteiger partial charge in [0.25, 0.3) is 11.8 Å². The third-order valence-electron chi connectivity index (χ3n) is 4.73. The van der Waals surface area contributed by atoms with Crippen LogP contribution in [0.3, 0.4) is 0 Å². The lowest BCUT2D eigenvalue weighted by Crippen LogP contribution is -2.32. The standard InChI is InChI=1S/C25H21Br2FN4O3/c1-32(2)20-8-6-15(7-9-20)10-22(30-24(34)16-4-3-5-19(28)12-16)25(35)31-29-14-17-11-18(26)13-21(27)23(17)33/h3-14,33H,1-2H3,(H,30,34)(H,31,35). The fourth-order valence-corrected chi connectivity index (χ4v) is 4.18. The van der Waals surface area contributed by atoms with Crippen LogP contribution < -0.4 is 15.6 Å². The highest BCUT2D eigenvalue weighted by Crippen LogP contribution is 2.30. The molecule has 0 aliphatic heterocycles. The summed E-state index contributed by atoms with van der Waals surface area (Å²) in [4.78, 5) is 27.5. The van der Waals surface area contributed by atoms with Gasteiger partial charge in [0.1, 0.15) is 17.3 Å². The number of aromatic hydroxyl groups is 1. The molecule has 10 heteroatoms. The molecule has 0 aromatic heterocycles. The second kappa shape index (κ2) is 11.8. The quantitative estimate of drug-likeness (QED) is 0.200. The first-order valence-electron chi connectivity index (χ1n) is 10.2. The van der Waals surface area contributed by atoms with Gasteiger partial charge < -0.3 is 15.3 Å². The maximum absolute atomic E-state index is 13.6. The Hall–Kier alpha value is -3.50. The first-order valence-corrected chi connectivity index (χ1v) is 11.8. The molecule has 0 radical (unpaired) electrons. The van der Waals surface area contributed by atoms with Crippen LogP contribution in [-0.2, 0) is 4.79 Å². The van der Waals surface area contributed by atoms with Crippen molar-refractivity contribution < 1.29 is 19.1 Å². The number of amides is 2. The van der Waals surface area contributed by atoms with Crippen molar-refractivity contribution >= 4 is 61.7 Å². The highest BCUT2D eigenvalue weighted by atomic mass is 79.9. The summed E-state index contributed by atoms with van der Waals surface area (Å²) in [6, 6.07) is 15.7. The Morgan fingerprint density at radius 2 is 1.77 bits per heavy atom. The molecule has 0 aliphatic rings. The Morgan fingerprint density at radius 1 is 1.06 bits per heavy atom. The van der Waals surface area contributed by atoms with Gasteiger partial charge in [-0.05, 0) is 70.0 Å². The van der Waals surface area contributed by atoms with Gasteiger partial charge in [0.15, 0.2) is 0 Å². The van der Waals surface area contributed by atoms with Crippen LogP contribution in [0.1, 0.15) is 21.5 Å². The van der Waals surface area contributed by atoms with E-state index in [0.29, 0.717) is 20.1 Å². The Balaban J connectivity index is 1.86. The number of phenols is 1. The van der Waals surface area contributed by atoms with Gasteiger partial charge in [-0.25, -0.2) is 9.82 Å². The molecule has 0 saturated carbocycles. The molecule has 0 atom stereocenters. The molecule has 0 aliphatic carbocycles. The summed E-state index contributed by atoms with van der Waals surface area (Å²) in [5.41, 5.74) is 4.25. The molecule has 35 heavy (non-hydrogen) atoms. The topological polar surface area (TPSA) is 94.0 Å². The van der Waals surface area contributed by atoms with E-state index in [1.165, 1.54) is 30.5 Å². The number of carbonyl (C=O) groups is 2. The van der Waals surface area contributed by atoms with Crippen molar-refractivity contribution in [1.82, 2.24) is 10.7 Å². The van der Waals surface area contributed by atoms with Crippen LogP contribution in [0.2, 0.25) is 0 Å². The summed E-state index contributed by atoms with van der Waals surface area (Å²) < 4.78 is 14.7. The summed E-state index contributed by atoms with van der Waals surface area (Å²) in [5, 5.41) is 16.6. The number of hydrogen-bond acceptors (Lipinski definition) is 5. The maximum atomic E-state index is 13.6. The molecule has 0 bridgehead atoms. The molecule has 0 heterocycles. The van der Waals surface area contributed by atoms with Crippen molar-refractivity contribution in [2.75, 3.05) is 19.0 Å². The number of rotatable bonds is 7. The number of hydrazone groups is 1. The molecule has 0 unspecified atom stereocenters. The van der Waals surface area contributed by atoms with Crippen molar-refractivity contribution in [3.8, 4) is 5.75 Å². The summed E-state index contributed by atoms with van der Waals surface area (Å²) in [5.74, 6) is -2.00. The lowest BCUT2D eigenvalue weighted by molar-refractivity contribution is -0.117. The SMILES string of the molecule is CN(C)c1ccc(C=C(NC(=O)c2cccc(F)c2)C(=O)NN=Cc2cc(Br)cc(Br)c2O)cc1. The molecule has 2 amide bonds. The van der Waals surface area contributed by atoms with Crippen LogP contribution in [0.5, 0.6) is 5.75 Å². The van der Waals surface area contributed by atoms with Gasteiger partial charge in [-0.2, -0.15) is 5.10 Å². The van der Waals surface area contributed by atoms with Crippen molar-refractivity contribution in [2.45, 2.75) is 0 Å². The van der Waals surface area contributed by atoms with E-state index in [1.54, 1.807) is 24.3 Å². The molecule has 0 saturated heterocycles. The lowest BCUT2D eigenvalue weighted by atomic mass is 10.1. The van der Waals surface area contributed by atoms with Gasteiger partial charge in [-0.3, -0.25) is 9.59 Å². The van der Waals surface area contributed by atoms with E-state index in [0.717, 1.165) is 11.8 Å². The fraction of sp³-hybridized carbons (Fsp3) is 0.0800. The minimum atomic E-state index is -0.712. The molecular weight excluding hydrogens is 583 g/mol. The van der Waals surface area contributed by atoms with Crippen LogP contribution in [0.4, 0.5) is 10.1 Å². The van der Waals surface area contributed by atoms with Gasteiger partial charge in [0.2, 0.25) is 0 Å². The molecule has 0 spiro atoms. The summed E-state index contributed by atoms with van der Waals surface area (Å²) >= 11 is 6.55. The summed E-state index contributed by atoms with van der Waals surface area (Å²) in [6.45, 7) is 0. The van der Waals surface area contributed by atoms with Gasteiger partial charge in [0.05, 0.1) is 10.7 Å². The minimum Gasteiger partial charge on any atom is -0.506 e. The largest absolute Gasteiger partial charge is 0.506 e. The molecule has 3 aromatic carbocycles. The van der Waals surface area contributed by atoms with Crippen molar-refractivity contribution in [3.63, 3.8) is 0 Å². The Kier molecular flexibility index (Phi) is 8.78. The van der Waals surface area contributed by atoms with Crippen molar-refractivity contribution in [1.29, 1.82) is 0 Å². The molecule has 7 nitrogen and oxygen atoms in total. The third-order valence-corrected chi connectivity index (χ3v) is 5.79. The van der Waals surface area contributed by atoms with E-state index < -0.39 is 17.6 Å². The number of carbonyl (C=O) groups excluding carboxylic acids is 2. The normalized spacial score (nSPS) is 11.4. The molecule has 3 aromatic rings. The third kappa shape index (κ3) is 7.24. The molecule has 3 N–H and O–H groups in total. The van der Waals surface area contributed by atoms with E-state index >= 15 is 0 Å². The average Bonchev–Trinajstić information content (AvgIpc) is 2.81. The van der Waals surface area contributed by atoms with E-state index in [9.17, 15) is 19.1 Å². The van der Waals surface area contributed by atoms with Crippen molar-refractivity contribution in [2.24, 2.45) is 5.10 Å². The predicted octanol–water partition coefficient (Wildman–Crippen LogP) is 5.04. The Bertz CT molecular complexity index is 1310. The number of halogens is 3. The monoisotopic (exact) mass is 602 g/mol. The smallest absolute Gasteiger partial charge is 0.287 e. The molecule has 3 rings (SSSR count). The zero-order valence-corrected chi connectivity index (χ0v) is 21.9. The van der Waals surface area contributed by atoms with E-state index in [-0.39, 0.29) is 17.0 Å². The van der Waals surface area contributed by atoms with Gasteiger partial charge in [-0.1, -0.05) is 34.1 Å². The number of benzene rings is 3. The maximum Gasteiger partial charge on any atom is 0.287 e. The van der Waals surface area contributed by atoms with Gasteiger partial charge >= 0.3 is 0 Å². The molecule has 180 valence electrons. The number of nitrogens with one attached hydrogen (secondary N) is 2. The zero-order chi connectivity index (χ0) is 25.5. The first kappa shape index (κ1) is 26.1. The lowest BCUT2D eigenvalue weighted by Gasteiger charge is -2.13. The minimum absolute atomic E-state index is 0.0534. The number of hydrogen-bond donors (Lipinski definition) is 3. The van der Waals surface area contributed by atoms with Gasteiger partial charge in [0, 0.05) is 35.4 Å². The second-order valence-electron chi connectivity index (χ2n) is 7.53. The summed E-state index contributed by atoms with van der Waals surface area (Å²) in [6.07, 6.45) is 2.75. The number of phenolic OH excluding ortho intramolecular Hbond substituents is 1. The summed E-state index contributed by atoms with van der Waals surface area (Å²) in [7, 11) is 3.81. The zero-order valence-electron chi connectivity index (χ0n) is 18.7. The van der Waals surface area contributed by atoms with E-state index in [2.05, 4.69) is 47.7 Å². The predicted molar refractivity (Wildman–Crippen MR) is 142 cm³/mol. The number of anilines is 1. The van der Waals surface area contributed by atoms with E-state index in [1.807, 2.05) is 31.1 Å². The van der Waals surface area contributed by atoms with E-state index in [4.69, 9.17) is 0 Å². The molecule has 0 fully saturated rings. The van der Waals surface area contributed by atoms with Crippen LogP contribution in [0, 0.1) is 5.82 Å². The molecular formula is C25H21Br2FN4O3. The fourth-order valence-electron chi connectivity index (χ4n) is 2.92. The highest BCUT2D eigenvalue weighted by molar-refractivity contribution is 9.11. The number of nitrogens with zero attached hydrogens (tertiary/aromatic N) is 2. The first-order chi connectivity index (χ1) is 16.6. The van der Waals surface area contributed by atoms with Crippen LogP contribution in [-0.4, -0.2) is 37.2 Å².